The smallest absolute Gasteiger partial charge is 0.0776 e. The van der Waals surface area contributed by atoms with Gasteiger partial charge in [-0.05, 0) is 18.6 Å². The van der Waals surface area contributed by atoms with E-state index in [2.05, 4.69) is 57.4 Å². The van der Waals surface area contributed by atoms with Crippen molar-refractivity contribution < 1.29 is 0 Å². The van der Waals surface area contributed by atoms with Gasteiger partial charge in [-0.15, -0.1) is 12.6 Å². The van der Waals surface area contributed by atoms with E-state index in [1.807, 2.05) is 0 Å². The molecule has 1 aromatic rings. The molecule has 0 aliphatic heterocycles. The molecule has 0 nitrogen and oxygen atoms in total. The number of hydrogen-bond donors (Lipinski definition) is 1. The summed E-state index contributed by atoms with van der Waals surface area (Å²) in [6, 6.07) is 6.59. The summed E-state index contributed by atoms with van der Waals surface area (Å²) < 4.78 is 0. The van der Waals surface area contributed by atoms with Crippen molar-refractivity contribution in [2.75, 3.05) is 0 Å². The Labute approximate surface area is 81.4 Å². The van der Waals surface area contributed by atoms with E-state index >= 15 is 0 Å². The van der Waals surface area contributed by atoms with Gasteiger partial charge >= 0.3 is 0 Å². The van der Waals surface area contributed by atoms with Gasteiger partial charge in [-0.1, -0.05) is 37.0 Å². The largest absolute Gasteiger partial charge is 0.143 e. The molecule has 0 saturated heterocycles. The summed E-state index contributed by atoms with van der Waals surface area (Å²) in [5.41, 5.74) is 1.29. The summed E-state index contributed by atoms with van der Waals surface area (Å²) in [5.74, 6) is 0. The Kier molecular flexibility index (Phi) is 2.69. The van der Waals surface area contributed by atoms with E-state index in [1.54, 1.807) is 0 Å². The fourth-order valence-electron chi connectivity index (χ4n) is 1.12. The second-order valence-electron chi connectivity index (χ2n) is 4.25. The van der Waals surface area contributed by atoms with E-state index in [0.717, 1.165) is 4.90 Å². The third kappa shape index (κ3) is 2.14. The van der Waals surface area contributed by atoms with Crippen LogP contribution in [0.1, 0.15) is 5.56 Å². The maximum atomic E-state index is 4.36. The van der Waals surface area contributed by atoms with Gasteiger partial charge in [0, 0.05) is 4.90 Å². The molecule has 66 valence electrons. The lowest BCUT2D eigenvalue weighted by atomic mass is 10.2. The fraction of sp³-hybridized carbons (Fsp3) is 0.400. The lowest BCUT2D eigenvalue weighted by Gasteiger charge is -2.17. The highest BCUT2D eigenvalue weighted by Gasteiger charge is 2.16. The van der Waals surface area contributed by atoms with Crippen LogP contribution < -0.4 is 5.19 Å². The summed E-state index contributed by atoms with van der Waals surface area (Å²) in [4.78, 5) is 1.09. The van der Waals surface area contributed by atoms with Crippen LogP contribution in [0.5, 0.6) is 0 Å². The molecule has 0 aliphatic rings. The van der Waals surface area contributed by atoms with Crippen molar-refractivity contribution in [1.82, 2.24) is 0 Å². The maximum absolute atomic E-state index is 4.36. The third-order valence-corrected chi connectivity index (χ3v) is 4.61. The number of thiol groups is 1. The van der Waals surface area contributed by atoms with Gasteiger partial charge in [-0.25, -0.2) is 0 Å². The van der Waals surface area contributed by atoms with Crippen molar-refractivity contribution in [2.24, 2.45) is 0 Å². The maximum Gasteiger partial charge on any atom is 0.0776 e. The highest BCUT2D eigenvalue weighted by atomic mass is 32.1. The van der Waals surface area contributed by atoms with Gasteiger partial charge in [0.05, 0.1) is 8.07 Å². The number of aryl methyl sites for hydroxylation is 1. The van der Waals surface area contributed by atoms with Crippen molar-refractivity contribution in [2.45, 2.75) is 31.5 Å². The van der Waals surface area contributed by atoms with Crippen LogP contribution in [0.25, 0.3) is 0 Å². The van der Waals surface area contributed by atoms with Gasteiger partial charge in [0.25, 0.3) is 0 Å². The first kappa shape index (κ1) is 9.87. The zero-order valence-corrected chi connectivity index (χ0v) is 10.1. The average molecular weight is 196 g/mol. The topological polar surface area (TPSA) is 0 Å². The number of rotatable bonds is 1. The quantitative estimate of drug-likeness (QED) is 0.518. The van der Waals surface area contributed by atoms with Crippen LogP contribution in [0.3, 0.4) is 0 Å². The highest BCUT2D eigenvalue weighted by Crippen LogP contribution is 2.12. The van der Waals surface area contributed by atoms with Crippen molar-refractivity contribution >= 4 is 25.9 Å². The molecule has 0 spiro atoms. The Morgan fingerprint density at radius 1 is 1.17 bits per heavy atom. The second kappa shape index (κ2) is 3.27. The molecule has 0 heterocycles. The van der Waals surface area contributed by atoms with Crippen LogP contribution in [0, 0.1) is 6.92 Å². The molecule has 1 aromatic carbocycles. The van der Waals surface area contributed by atoms with Gasteiger partial charge in [-0.2, -0.15) is 0 Å². The van der Waals surface area contributed by atoms with Crippen molar-refractivity contribution in [1.29, 1.82) is 0 Å². The zero-order valence-electron chi connectivity index (χ0n) is 8.18. The molecular weight excluding hydrogens is 180 g/mol. The summed E-state index contributed by atoms with van der Waals surface area (Å²) >= 11 is 4.36. The molecule has 0 bridgehead atoms. The van der Waals surface area contributed by atoms with Crippen LogP contribution in [0.2, 0.25) is 19.6 Å². The first-order chi connectivity index (χ1) is 5.41. The number of benzene rings is 1. The molecule has 0 amide bonds. The SMILES string of the molecule is Cc1cc([Si](C)(C)C)ccc1S. The van der Waals surface area contributed by atoms with E-state index < -0.39 is 8.07 Å². The molecule has 2 heteroatoms. The van der Waals surface area contributed by atoms with E-state index in [4.69, 9.17) is 0 Å². The molecule has 0 aromatic heterocycles. The Morgan fingerprint density at radius 3 is 2.17 bits per heavy atom. The van der Waals surface area contributed by atoms with Gasteiger partial charge in [0.1, 0.15) is 0 Å². The monoisotopic (exact) mass is 196 g/mol. The first-order valence-corrected chi connectivity index (χ1v) is 8.16. The Balaban J connectivity index is 3.14. The molecule has 0 saturated carbocycles. The zero-order chi connectivity index (χ0) is 9.35. The predicted molar refractivity (Wildman–Crippen MR) is 61.4 cm³/mol. The van der Waals surface area contributed by atoms with Gasteiger partial charge < -0.3 is 0 Å². The number of hydrogen-bond acceptors (Lipinski definition) is 1. The van der Waals surface area contributed by atoms with Crippen LogP contribution >= 0.6 is 12.6 Å². The minimum Gasteiger partial charge on any atom is -0.143 e. The molecule has 0 aliphatic carbocycles. The lowest BCUT2D eigenvalue weighted by molar-refractivity contribution is 1.32. The first-order valence-electron chi connectivity index (χ1n) is 4.21. The minimum absolute atomic E-state index is 1.09. The molecule has 0 N–H and O–H groups in total. The standard InChI is InChI=1S/C10H16SSi/c1-8-7-9(12(2,3)4)5-6-10(8)11/h5-7,11H,1-4H3. The molecule has 12 heavy (non-hydrogen) atoms. The lowest BCUT2D eigenvalue weighted by Crippen LogP contribution is -2.37. The molecule has 1 rings (SSSR count). The second-order valence-corrected chi connectivity index (χ2v) is 9.81. The van der Waals surface area contributed by atoms with E-state index in [9.17, 15) is 0 Å². The molecular formula is C10H16SSi. The molecule has 0 atom stereocenters. The Morgan fingerprint density at radius 2 is 1.75 bits per heavy atom. The van der Waals surface area contributed by atoms with Gasteiger partial charge in [0.2, 0.25) is 0 Å². The van der Waals surface area contributed by atoms with Crippen LogP contribution in [-0.4, -0.2) is 8.07 Å². The van der Waals surface area contributed by atoms with Gasteiger partial charge in [-0.3, -0.25) is 0 Å². The molecule has 0 fully saturated rings. The highest BCUT2D eigenvalue weighted by molar-refractivity contribution is 7.80. The average Bonchev–Trinajstić information content (AvgIpc) is 1.92. The fourth-order valence-corrected chi connectivity index (χ4v) is 2.49. The van der Waals surface area contributed by atoms with E-state index in [1.165, 1.54) is 10.8 Å². The van der Waals surface area contributed by atoms with E-state index in [0.29, 0.717) is 0 Å². The Hall–Kier alpha value is -0.213. The summed E-state index contributed by atoms with van der Waals surface area (Å²) in [6.07, 6.45) is 0. The van der Waals surface area contributed by atoms with Crippen LogP contribution in [0.4, 0.5) is 0 Å². The summed E-state index contributed by atoms with van der Waals surface area (Å²) in [6.45, 7) is 9.20. The molecule has 0 unspecified atom stereocenters. The van der Waals surface area contributed by atoms with Crippen molar-refractivity contribution in [3.63, 3.8) is 0 Å². The van der Waals surface area contributed by atoms with Crippen LogP contribution in [-0.2, 0) is 0 Å². The minimum atomic E-state index is -1.12. The normalized spacial score (nSPS) is 11.8. The molecule has 0 radical (unpaired) electrons. The Bertz CT molecular complexity index is 286. The van der Waals surface area contributed by atoms with Crippen LogP contribution in [0.15, 0.2) is 23.1 Å². The van der Waals surface area contributed by atoms with Gasteiger partial charge in [0.15, 0.2) is 0 Å². The summed E-state index contributed by atoms with van der Waals surface area (Å²) in [5, 5.41) is 1.51. The van der Waals surface area contributed by atoms with E-state index in [-0.39, 0.29) is 0 Å². The summed E-state index contributed by atoms with van der Waals surface area (Å²) in [7, 11) is -1.12. The third-order valence-electron chi connectivity index (χ3n) is 2.06. The predicted octanol–water partition coefficient (Wildman–Crippen LogP) is 2.83. The van der Waals surface area contributed by atoms with Crippen molar-refractivity contribution in [3.05, 3.63) is 23.8 Å². The van der Waals surface area contributed by atoms with Crippen molar-refractivity contribution in [3.8, 4) is 0 Å².